The van der Waals surface area contributed by atoms with Gasteiger partial charge in [-0.2, -0.15) is 13.2 Å². The van der Waals surface area contributed by atoms with E-state index in [4.69, 9.17) is 0 Å². The molecule has 21 heavy (non-hydrogen) atoms. The quantitative estimate of drug-likeness (QED) is 0.803. The van der Waals surface area contributed by atoms with Crippen LogP contribution in [0.5, 0.6) is 5.75 Å². The lowest BCUT2D eigenvalue weighted by atomic mass is 10.1. The summed E-state index contributed by atoms with van der Waals surface area (Å²) < 4.78 is 50.5. The molecule has 0 amide bonds. The van der Waals surface area contributed by atoms with E-state index in [1.54, 1.807) is 6.92 Å². The van der Waals surface area contributed by atoms with Crippen LogP contribution in [0.15, 0.2) is 42.5 Å². The summed E-state index contributed by atoms with van der Waals surface area (Å²) in [4.78, 5) is 0. The lowest BCUT2D eigenvalue weighted by Crippen LogP contribution is -2.08. The molecule has 0 aromatic heterocycles. The summed E-state index contributed by atoms with van der Waals surface area (Å²) in [7, 11) is 0. The lowest BCUT2D eigenvalue weighted by molar-refractivity contribution is -0.137. The van der Waals surface area contributed by atoms with Crippen molar-refractivity contribution in [3.8, 4) is 5.75 Å². The first-order valence-corrected chi connectivity index (χ1v) is 6.19. The molecule has 112 valence electrons. The maximum absolute atomic E-state index is 13.2. The predicted octanol–water partition coefficient (Wildman–Crippen LogP) is 4.72. The molecule has 1 unspecified atom stereocenters. The zero-order chi connectivity index (χ0) is 15.6. The average Bonchev–Trinajstić information content (AvgIpc) is 2.41. The Morgan fingerprint density at radius 1 is 1.05 bits per heavy atom. The molecule has 2 aromatic carbocycles. The van der Waals surface area contributed by atoms with Crippen molar-refractivity contribution in [2.45, 2.75) is 19.1 Å². The lowest BCUT2D eigenvalue weighted by Gasteiger charge is -2.17. The van der Waals surface area contributed by atoms with E-state index < -0.39 is 23.6 Å². The first-order valence-electron chi connectivity index (χ1n) is 6.19. The van der Waals surface area contributed by atoms with E-state index in [2.05, 4.69) is 5.32 Å². The van der Waals surface area contributed by atoms with E-state index in [0.29, 0.717) is 11.3 Å². The first-order chi connectivity index (χ1) is 9.77. The molecule has 0 radical (unpaired) electrons. The van der Waals surface area contributed by atoms with Gasteiger partial charge < -0.3 is 10.4 Å². The van der Waals surface area contributed by atoms with Crippen molar-refractivity contribution in [1.29, 1.82) is 0 Å². The molecule has 0 spiro atoms. The number of rotatable bonds is 3. The van der Waals surface area contributed by atoms with Gasteiger partial charge in [-0.3, -0.25) is 0 Å². The molecular formula is C15H13F4NO. The molecule has 0 aliphatic carbocycles. The molecule has 0 aliphatic rings. The zero-order valence-corrected chi connectivity index (χ0v) is 11.1. The summed E-state index contributed by atoms with van der Waals surface area (Å²) in [6, 6.07) is 7.57. The summed E-state index contributed by atoms with van der Waals surface area (Å²) >= 11 is 0. The third kappa shape index (κ3) is 3.65. The standard InChI is InChI=1S/C15H13F4NO/c1-9(13-8-11(16)4-7-14(13)21)20-12-5-2-10(3-6-12)15(17,18)19/h2-9,20-21H,1H3. The Bertz CT molecular complexity index is 623. The van der Waals surface area contributed by atoms with Crippen molar-refractivity contribution >= 4 is 5.69 Å². The van der Waals surface area contributed by atoms with E-state index in [0.717, 1.165) is 18.2 Å². The highest BCUT2D eigenvalue weighted by atomic mass is 19.4. The van der Waals surface area contributed by atoms with Crippen LogP contribution in [0.2, 0.25) is 0 Å². The van der Waals surface area contributed by atoms with Gasteiger partial charge in [-0.25, -0.2) is 4.39 Å². The molecule has 6 heteroatoms. The Balaban J connectivity index is 2.16. The van der Waals surface area contributed by atoms with Crippen molar-refractivity contribution in [3.05, 3.63) is 59.4 Å². The molecule has 0 saturated heterocycles. The minimum Gasteiger partial charge on any atom is -0.508 e. The van der Waals surface area contributed by atoms with Gasteiger partial charge in [0.1, 0.15) is 11.6 Å². The number of hydrogen-bond acceptors (Lipinski definition) is 2. The van der Waals surface area contributed by atoms with Crippen LogP contribution in [-0.4, -0.2) is 5.11 Å². The summed E-state index contributed by atoms with van der Waals surface area (Å²) in [5, 5.41) is 12.6. The normalized spacial score (nSPS) is 13.0. The molecule has 2 rings (SSSR count). The Hall–Kier alpha value is -2.24. The van der Waals surface area contributed by atoms with E-state index in [1.807, 2.05) is 0 Å². The smallest absolute Gasteiger partial charge is 0.416 e. The fraction of sp³-hybridized carbons (Fsp3) is 0.200. The van der Waals surface area contributed by atoms with Crippen molar-refractivity contribution in [2.75, 3.05) is 5.32 Å². The summed E-state index contributed by atoms with van der Waals surface area (Å²) in [5.41, 5.74) is 0.0309. The second-order valence-electron chi connectivity index (χ2n) is 4.64. The van der Waals surface area contributed by atoms with E-state index >= 15 is 0 Å². The monoisotopic (exact) mass is 299 g/mol. The highest BCUT2D eigenvalue weighted by Crippen LogP contribution is 2.31. The highest BCUT2D eigenvalue weighted by Gasteiger charge is 2.30. The van der Waals surface area contributed by atoms with Gasteiger partial charge in [-0.1, -0.05) is 0 Å². The molecule has 0 bridgehead atoms. The van der Waals surface area contributed by atoms with E-state index in [-0.39, 0.29) is 5.75 Å². The topological polar surface area (TPSA) is 32.3 Å². The fourth-order valence-corrected chi connectivity index (χ4v) is 1.96. The number of hydrogen-bond donors (Lipinski definition) is 2. The Morgan fingerprint density at radius 3 is 2.24 bits per heavy atom. The van der Waals surface area contributed by atoms with Crippen LogP contribution in [0, 0.1) is 5.82 Å². The van der Waals surface area contributed by atoms with Crippen LogP contribution >= 0.6 is 0 Å². The van der Waals surface area contributed by atoms with Crippen molar-refractivity contribution in [2.24, 2.45) is 0 Å². The van der Waals surface area contributed by atoms with Gasteiger partial charge >= 0.3 is 6.18 Å². The second-order valence-corrected chi connectivity index (χ2v) is 4.64. The number of halogens is 4. The van der Waals surface area contributed by atoms with Crippen molar-refractivity contribution in [3.63, 3.8) is 0 Å². The van der Waals surface area contributed by atoms with Gasteiger partial charge in [0.25, 0.3) is 0 Å². The number of aromatic hydroxyl groups is 1. The summed E-state index contributed by atoms with van der Waals surface area (Å²) in [6.07, 6.45) is -4.38. The van der Waals surface area contributed by atoms with Crippen LogP contribution in [0.25, 0.3) is 0 Å². The number of nitrogens with one attached hydrogen (secondary N) is 1. The third-order valence-electron chi connectivity index (χ3n) is 3.05. The highest BCUT2D eigenvalue weighted by molar-refractivity contribution is 5.48. The first kappa shape index (κ1) is 15.2. The Morgan fingerprint density at radius 2 is 1.67 bits per heavy atom. The van der Waals surface area contributed by atoms with Gasteiger partial charge in [0.2, 0.25) is 0 Å². The summed E-state index contributed by atoms with van der Waals surface area (Å²) in [6.45, 7) is 1.67. The van der Waals surface area contributed by atoms with Crippen LogP contribution < -0.4 is 5.32 Å². The Kier molecular flexibility index (Phi) is 4.06. The van der Waals surface area contributed by atoms with Crippen LogP contribution in [0.4, 0.5) is 23.2 Å². The van der Waals surface area contributed by atoms with Gasteiger partial charge in [0, 0.05) is 11.3 Å². The van der Waals surface area contributed by atoms with Crippen LogP contribution in [0.3, 0.4) is 0 Å². The SMILES string of the molecule is CC(Nc1ccc(C(F)(F)F)cc1)c1cc(F)ccc1O. The molecule has 2 N–H and O–H groups in total. The number of alkyl halides is 3. The fourth-order valence-electron chi connectivity index (χ4n) is 1.96. The molecule has 1 atom stereocenters. The van der Waals surface area contributed by atoms with Crippen LogP contribution in [0.1, 0.15) is 24.1 Å². The van der Waals surface area contributed by atoms with Crippen molar-refractivity contribution < 1.29 is 22.7 Å². The minimum absolute atomic E-state index is 0.0803. The van der Waals surface area contributed by atoms with E-state index in [1.165, 1.54) is 24.3 Å². The summed E-state index contributed by atoms with van der Waals surface area (Å²) in [5.74, 6) is -0.577. The van der Waals surface area contributed by atoms with Gasteiger partial charge in [-0.15, -0.1) is 0 Å². The number of phenolic OH excluding ortho intramolecular Hbond substituents is 1. The Labute approximate surface area is 119 Å². The maximum atomic E-state index is 13.2. The van der Waals surface area contributed by atoms with Gasteiger partial charge in [-0.05, 0) is 49.4 Å². The van der Waals surface area contributed by atoms with Gasteiger partial charge in [0.05, 0.1) is 11.6 Å². The number of benzene rings is 2. The minimum atomic E-state index is -4.38. The van der Waals surface area contributed by atoms with Crippen molar-refractivity contribution in [1.82, 2.24) is 0 Å². The number of anilines is 1. The largest absolute Gasteiger partial charge is 0.508 e. The van der Waals surface area contributed by atoms with Gasteiger partial charge in [0.15, 0.2) is 0 Å². The average molecular weight is 299 g/mol. The molecule has 2 nitrogen and oxygen atoms in total. The second kappa shape index (κ2) is 5.63. The van der Waals surface area contributed by atoms with E-state index in [9.17, 15) is 22.7 Å². The number of phenols is 1. The third-order valence-corrected chi connectivity index (χ3v) is 3.05. The molecule has 2 aromatic rings. The zero-order valence-electron chi connectivity index (χ0n) is 11.1. The molecule has 0 heterocycles. The molecule has 0 aliphatic heterocycles. The molecular weight excluding hydrogens is 286 g/mol. The molecule has 0 fully saturated rings. The molecule has 0 saturated carbocycles. The van der Waals surface area contributed by atoms with Crippen LogP contribution in [-0.2, 0) is 6.18 Å². The predicted molar refractivity (Wildman–Crippen MR) is 71.5 cm³/mol. The maximum Gasteiger partial charge on any atom is 0.416 e.